The van der Waals surface area contributed by atoms with Gasteiger partial charge in [-0.25, -0.2) is 9.37 Å². The first kappa shape index (κ1) is 18.9. The van der Waals surface area contributed by atoms with E-state index in [1.807, 2.05) is 12.1 Å². The molecule has 4 nitrogen and oxygen atoms in total. The minimum Gasteiger partial charge on any atom is -0.381 e. The zero-order valence-electron chi connectivity index (χ0n) is 14.4. The molecule has 0 bridgehead atoms. The molecule has 1 aromatic heterocycles. The molecule has 0 aliphatic carbocycles. The van der Waals surface area contributed by atoms with Crippen LogP contribution in [0.4, 0.5) is 21.7 Å². The number of hydrogen-bond donors (Lipinski definition) is 3. The molecule has 0 fully saturated rings. The lowest BCUT2D eigenvalue weighted by atomic mass is 10.2. The Bertz CT molecular complexity index is 1140. The van der Waals surface area contributed by atoms with E-state index in [1.165, 1.54) is 6.07 Å². The predicted molar refractivity (Wildman–Crippen MR) is 115 cm³/mol. The molecule has 3 N–H and O–H groups in total. The van der Waals surface area contributed by atoms with Crippen LogP contribution < -0.4 is 10.6 Å². The predicted octanol–water partition coefficient (Wildman–Crippen LogP) is 7.02. The van der Waals surface area contributed by atoms with E-state index in [9.17, 15) is 4.39 Å². The summed E-state index contributed by atoms with van der Waals surface area (Å²) < 4.78 is 14.5. The van der Waals surface area contributed by atoms with Gasteiger partial charge in [-0.3, -0.25) is 0 Å². The van der Waals surface area contributed by atoms with Crippen LogP contribution in [-0.4, -0.2) is 9.97 Å². The molecule has 0 saturated carbocycles. The van der Waals surface area contributed by atoms with Gasteiger partial charge in [0.2, 0.25) is 5.95 Å². The highest BCUT2D eigenvalue weighted by atomic mass is 35.5. The summed E-state index contributed by atoms with van der Waals surface area (Å²) >= 11 is 18.3. The Hall–Kier alpha value is -2.47. The van der Waals surface area contributed by atoms with Gasteiger partial charge in [-0.05, 0) is 36.4 Å². The lowest BCUT2D eigenvalue weighted by Gasteiger charge is -2.08. The minimum absolute atomic E-state index is 0.306. The summed E-state index contributed by atoms with van der Waals surface area (Å²) in [6.45, 7) is 0.306. The van der Waals surface area contributed by atoms with Crippen LogP contribution in [0.3, 0.4) is 0 Å². The number of aromatic nitrogens is 2. The van der Waals surface area contributed by atoms with Crippen molar-refractivity contribution in [3.63, 3.8) is 0 Å². The largest absolute Gasteiger partial charge is 0.381 e. The molecule has 0 unspecified atom stereocenters. The smallest absolute Gasteiger partial charge is 0.205 e. The molecule has 0 saturated heterocycles. The first-order chi connectivity index (χ1) is 13.5. The average molecular weight is 436 g/mol. The van der Waals surface area contributed by atoms with Gasteiger partial charge in [0.15, 0.2) is 0 Å². The summed E-state index contributed by atoms with van der Waals surface area (Å²) in [5, 5.41) is 7.75. The minimum atomic E-state index is -0.351. The maximum Gasteiger partial charge on any atom is 0.205 e. The van der Waals surface area contributed by atoms with Crippen LogP contribution in [0.1, 0.15) is 5.56 Å². The second-order valence-electron chi connectivity index (χ2n) is 6.13. The Balaban J connectivity index is 1.58. The topological polar surface area (TPSA) is 52.7 Å². The van der Waals surface area contributed by atoms with E-state index in [-0.39, 0.29) is 5.82 Å². The molecule has 8 heteroatoms. The molecule has 0 radical (unpaired) electrons. The summed E-state index contributed by atoms with van der Waals surface area (Å²) in [7, 11) is 0. The zero-order chi connectivity index (χ0) is 19.7. The summed E-state index contributed by atoms with van der Waals surface area (Å²) in [4.78, 5) is 7.48. The molecular weight excluding hydrogens is 422 g/mol. The molecule has 4 aromatic rings. The van der Waals surface area contributed by atoms with Crippen LogP contribution >= 0.6 is 34.8 Å². The van der Waals surface area contributed by atoms with E-state index in [1.54, 1.807) is 36.4 Å². The average Bonchev–Trinajstić information content (AvgIpc) is 3.04. The molecule has 0 aliphatic heterocycles. The maximum atomic E-state index is 14.5. The number of H-pyrrole nitrogens is 1. The van der Waals surface area contributed by atoms with Crippen molar-refractivity contribution in [2.24, 2.45) is 0 Å². The molecule has 142 valence electrons. The summed E-state index contributed by atoms with van der Waals surface area (Å²) in [6.07, 6.45) is 0. The molecule has 4 rings (SSSR count). The second-order valence-corrected chi connectivity index (χ2v) is 7.38. The Kier molecular flexibility index (Phi) is 5.31. The van der Waals surface area contributed by atoms with Crippen LogP contribution in [0.5, 0.6) is 0 Å². The third-order valence-electron chi connectivity index (χ3n) is 4.16. The Morgan fingerprint density at radius 3 is 2.46 bits per heavy atom. The van der Waals surface area contributed by atoms with Crippen LogP contribution in [0.2, 0.25) is 15.1 Å². The van der Waals surface area contributed by atoms with Gasteiger partial charge in [0.05, 0.1) is 26.8 Å². The standard InChI is InChI=1S/C20H14Cl3FN4/c21-12-3-1-4-13(8-12)25-10-11-7-17-18(9-16(11)24)27-20(26-17)28-19-14(22)5-2-6-15(19)23/h1-9,25H,10H2,(H2,26,27,28). The zero-order valence-corrected chi connectivity index (χ0v) is 16.6. The van der Waals surface area contributed by atoms with Crippen LogP contribution in [0, 0.1) is 5.82 Å². The molecule has 28 heavy (non-hydrogen) atoms. The summed E-state index contributed by atoms with van der Waals surface area (Å²) in [5.74, 6) is 0.0696. The number of nitrogens with zero attached hydrogens (tertiary/aromatic N) is 1. The third kappa shape index (κ3) is 4.02. The van der Waals surface area contributed by atoms with E-state index < -0.39 is 0 Å². The van der Waals surface area contributed by atoms with Gasteiger partial charge >= 0.3 is 0 Å². The number of halogens is 4. The van der Waals surface area contributed by atoms with Crippen LogP contribution in [0.15, 0.2) is 54.6 Å². The second kappa shape index (κ2) is 7.87. The first-order valence-corrected chi connectivity index (χ1v) is 9.51. The Labute approximate surface area is 175 Å². The number of para-hydroxylation sites is 1. The Morgan fingerprint density at radius 1 is 0.964 bits per heavy atom. The van der Waals surface area contributed by atoms with Crippen molar-refractivity contribution in [1.82, 2.24) is 9.97 Å². The molecule has 0 spiro atoms. The molecular formula is C20H14Cl3FN4. The molecule has 0 amide bonds. The quantitative estimate of drug-likeness (QED) is 0.316. The van der Waals surface area contributed by atoms with Crippen molar-refractivity contribution in [2.75, 3.05) is 10.6 Å². The van der Waals surface area contributed by atoms with Crippen molar-refractivity contribution >= 4 is 63.2 Å². The number of hydrogen-bond acceptors (Lipinski definition) is 3. The van der Waals surface area contributed by atoms with E-state index in [0.29, 0.717) is 49.8 Å². The normalized spacial score (nSPS) is 11.0. The van der Waals surface area contributed by atoms with Gasteiger partial charge in [-0.2, -0.15) is 0 Å². The SMILES string of the molecule is Fc1cc2nc(Nc3c(Cl)cccc3Cl)[nH]c2cc1CNc1cccc(Cl)c1. The number of benzene rings is 3. The number of nitrogens with one attached hydrogen (secondary N) is 3. The molecule has 0 aliphatic rings. The third-order valence-corrected chi connectivity index (χ3v) is 5.03. The van der Waals surface area contributed by atoms with Crippen molar-refractivity contribution in [2.45, 2.75) is 6.54 Å². The lowest BCUT2D eigenvalue weighted by Crippen LogP contribution is -2.01. The van der Waals surface area contributed by atoms with Crippen LogP contribution in [-0.2, 0) is 6.54 Å². The number of aromatic amines is 1. The maximum absolute atomic E-state index is 14.5. The fraction of sp³-hybridized carbons (Fsp3) is 0.0500. The molecule has 1 heterocycles. The fourth-order valence-corrected chi connectivity index (χ4v) is 3.48. The van der Waals surface area contributed by atoms with E-state index in [2.05, 4.69) is 20.6 Å². The monoisotopic (exact) mass is 434 g/mol. The number of imidazole rings is 1. The van der Waals surface area contributed by atoms with Gasteiger partial charge < -0.3 is 15.6 Å². The van der Waals surface area contributed by atoms with Gasteiger partial charge in [0.1, 0.15) is 5.82 Å². The van der Waals surface area contributed by atoms with Gasteiger partial charge in [-0.15, -0.1) is 0 Å². The van der Waals surface area contributed by atoms with Gasteiger partial charge in [0.25, 0.3) is 0 Å². The number of rotatable bonds is 5. The highest BCUT2D eigenvalue weighted by Gasteiger charge is 2.12. The molecule has 0 atom stereocenters. The fourth-order valence-electron chi connectivity index (χ4n) is 2.80. The molecule has 3 aromatic carbocycles. The highest BCUT2D eigenvalue weighted by molar-refractivity contribution is 6.39. The first-order valence-electron chi connectivity index (χ1n) is 8.38. The van der Waals surface area contributed by atoms with Crippen LogP contribution in [0.25, 0.3) is 11.0 Å². The van der Waals surface area contributed by atoms with Crippen molar-refractivity contribution in [3.8, 4) is 0 Å². The summed E-state index contributed by atoms with van der Waals surface area (Å²) in [5.41, 5.74) is 3.03. The number of fused-ring (bicyclic) bond motifs is 1. The highest BCUT2D eigenvalue weighted by Crippen LogP contribution is 2.32. The van der Waals surface area contributed by atoms with E-state index >= 15 is 0 Å². The number of anilines is 3. The lowest BCUT2D eigenvalue weighted by molar-refractivity contribution is 0.614. The van der Waals surface area contributed by atoms with E-state index in [0.717, 1.165) is 5.69 Å². The van der Waals surface area contributed by atoms with Crippen molar-refractivity contribution in [1.29, 1.82) is 0 Å². The summed E-state index contributed by atoms with van der Waals surface area (Å²) in [6, 6.07) is 15.6. The Morgan fingerprint density at radius 2 is 1.71 bits per heavy atom. The van der Waals surface area contributed by atoms with Crippen molar-refractivity contribution in [3.05, 3.63) is 81.0 Å². The van der Waals surface area contributed by atoms with Gasteiger partial charge in [-0.1, -0.05) is 46.9 Å². The van der Waals surface area contributed by atoms with Gasteiger partial charge in [0, 0.05) is 28.9 Å². The van der Waals surface area contributed by atoms with E-state index in [4.69, 9.17) is 34.8 Å². The van der Waals surface area contributed by atoms with Crippen molar-refractivity contribution < 1.29 is 4.39 Å².